The van der Waals surface area contributed by atoms with E-state index in [9.17, 15) is 0 Å². The lowest BCUT2D eigenvalue weighted by molar-refractivity contribution is 1.18. The topological polar surface area (TPSA) is 12.0 Å². The predicted molar refractivity (Wildman–Crippen MR) is 52.8 cm³/mol. The second-order valence-electron chi connectivity index (χ2n) is 2.66. The second-order valence-corrected chi connectivity index (χ2v) is 5.83. The largest absolute Gasteiger partial charge is 0.339 e. The summed E-state index contributed by atoms with van der Waals surface area (Å²) in [6, 6.07) is 12.0. The molecule has 0 aromatic heterocycles. The Morgan fingerprint density at radius 1 is 1.27 bits per heavy atom. The Kier molecular flexibility index (Phi) is 3.33. The van der Waals surface area contributed by atoms with Gasteiger partial charge in [0.25, 0.3) is 0 Å². The molecule has 0 aliphatic rings. The summed E-state index contributed by atoms with van der Waals surface area (Å²) < 4.78 is 0. The minimum atomic E-state index is -0.800. The monoisotopic (exact) mass is 165 g/mol. The molecule has 1 atom stereocenters. The summed E-state index contributed by atoms with van der Waals surface area (Å²) in [7, 11) is 1.26. The Morgan fingerprint density at radius 2 is 1.91 bits per heavy atom. The summed E-state index contributed by atoms with van der Waals surface area (Å²) >= 11 is 0. The van der Waals surface area contributed by atoms with Crippen molar-refractivity contribution in [2.24, 2.45) is 0 Å². The van der Waals surface area contributed by atoms with E-state index in [1.54, 1.807) is 0 Å². The summed E-state index contributed by atoms with van der Waals surface area (Å²) in [6.07, 6.45) is 0. The third-order valence-corrected chi connectivity index (χ3v) is 4.66. The maximum Gasteiger partial charge on any atom is 0.140 e. The Morgan fingerprint density at radius 3 is 2.36 bits per heavy atom. The van der Waals surface area contributed by atoms with Crippen LogP contribution in [0.25, 0.3) is 0 Å². The number of nitrogens with one attached hydrogen (secondary N) is 1. The zero-order valence-electron chi connectivity index (χ0n) is 7.17. The van der Waals surface area contributed by atoms with Gasteiger partial charge in [-0.25, -0.2) is 0 Å². The van der Waals surface area contributed by atoms with Gasteiger partial charge in [0.2, 0.25) is 0 Å². The highest BCUT2D eigenvalue weighted by atomic mass is 28.3. The fraction of sp³-hybridized carbons (Fsp3) is 0.333. The van der Waals surface area contributed by atoms with E-state index in [-0.39, 0.29) is 0 Å². The van der Waals surface area contributed by atoms with Crippen molar-refractivity contribution in [3.05, 3.63) is 30.3 Å². The fourth-order valence-electron chi connectivity index (χ4n) is 1.29. The molecule has 0 aliphatic carbocycles. The number of rotatable bonds is 3. The van der Waals surface area contributed by atoms with E-state index in [0.29, 0.717) is 0 Å². The van der Waals surface area contributed by atoms with Crippen molar-refractivity contribution in [1.29, 1.82) is 0 Å². The Labute approximate surface area is 70.1 Å². The molecule has 0 fully saturated rings. The van der Waals surface area contributed by atoms with Gasteiger partial charge in [-0.15, -0.1) is 0 Å². The van der Waals surface area contributed by atoms with Gasteiger partial charge in [0.1, 0.15) is 8.96 Å². The first-order chi connectivity index (χ1) is 5.38. The molecular weight excluding hydrogens is 150 g/mol. The lowest BCUT2D eigenvalue weighted by Gasteiger charge is -2.10. The van der Waals surface area contributed by atoms with Gasteiger partial charge in [0.05, 0.1) is 0 Å². The second kappa shape index (κ2) is 4.31. The molecule has 0 heterocycles. The van der Waals surface area contributed by atoms with E-state index >= 15 is 0 Å². The van der Waals surface area contributed by atoms with E-state index in [1.807, 2.05) is 0 Å². The molecule has 11 heavy (non-hydrogen) atoms. The van der Waals surface area contributed by atoms with Crippen molar-refractivity contribution in [2.75, 3.05) is 7.05 Å². The molecular formula is C9H15NSi. The van der Waals surface area contributed by atoms with Gasteiger partial charge < -0.3 is 4.98 Å². The lowest BCUT2D eigenvalue weighted by atomic mass is 10.4. The number of benzene rings is 1. The van der Waals surface area contributed by atoms with Crippen LogP contribution in [0.4, 0.5) is 0 Å². The first-order valence-electron chi connectivity index (χ1n) is 4.10. The molecule has 0 saturated carbocycles. The normalized spacial score (nSPS) is 12.9. The molecule has 2 heteroatoms. The van der Waals surface area contributed by atoms with E-state index in [2.05, 4.69) is 49.3 Å². The maximum atomic E-state index is 3.41. The summed E-state index contributed by atoms with van der Waals surface area (Å²) in [4.78, 5) is 3.41. The van der Waals surface area contributed by atoms with Crippen molar-refractivity contribution in [2.45, 2.75) is 13.0 Å². The van der Waals surface area contributed by atoms with E-state index < -0.39 is 8.96 Å². The first kappa shape index (κ1) is 8.49. The summed E-state index contributed by atoms with van der Waals surface area (Å²) in [5, 5.41) is 1.51. The van der Waals surface area contributed by atoms with Gasteiger partial charge in [0.15, 0.2) is 0 Å². The maximum absolute atomic E-state index is 3.41. The van der Waals surface area contributed by atoms with Crippen LogP contribution >= 0.6 is 0 Å². The van der Waals surface area contributed by atoms with Gasteiger partial charge in [-0.05, 0) is 18.3 Å². The summed E-state index contributed by atoms with van der Waals surface area (Å²) in [5.74, 6) is 0. The van der Waals surface area contributed by atoms with Gasteiger partial charge in [0, 0.05) is 0 Å². The van der Waals surface area contributed by atoms with Crippen LogP contribution in [0.15, 0.2) is 30.3 Å². The standard InChI is InChI=1S/C9H15NSi/c1-3-11(10-2)9-7-5-4-6-8-9/h4-8,10-11H,3H2,1-2H3. The number of hydrogen-bond donors (Lipinski definition) is 1. The van der Waals surface area contributed by atoms with Gasteiger partial charge >= 0.3 is 0 Å². The summed E-state index contributed by atoms with van der Waals surface area (Å²) in [6.45, 7) is 2.25. The Bertz CT molecular complexity index is 194. The molecule has 0 saturated heterocycles. The van der Waals surface area contributed by atoms with Gasteiger partial charge in [-0.2, -0.15) is 0 Å². The molecule has 0 bridgehead atoms. The molecule has 0 aliphatic heterocycles. The van der Waals surface area contributed by atoms with Crippen LogP contribution < -0.4 is 10.2 Å². The lowest BCUT2D eigenvalue weighted by Crippen LogP contribution is -2.41. The highest BCUT2D eigenvalue weighted by Gasteiger charge is 2.06. The van der Waals surface area contributed by atoms with Crippen LogP contribution in [0, 0.1) is 0 Å². The molecule has 60 valence electrons. The third kappa shape index (κ3) is 2.17. The fourth-order valence-corrected chi connectivity index (χ4v) is 3.19. The van der Waals surface area contributed by atoms with Crippen molar-refractivity contribution in [3.63, 3.8) is 0 Å². The van der Waals surface area contributed by atoms with Crippen LogP contribution in [0.3, 0.4) is 0 Å². The van der Waals surface area contributed by atoms with Crippen LogP contribution in [0.5, 0.6) is 0 Å². The minimum Gasteiger partial charge on any atom is -0.339 e. The zero-order chi connectivity index (χ0) is 8.10. The van der Waals surface area contributed by atoms with Crippen molar-refractivity contribution < 1.29 is 0 Å². The van der Waals surface area contributed by atoms with Crippen molar-refractivity contribution >= 4 is 14.1 Å². The summed E-state index contributed by atoms with van der Waals surface area (Å²) in [5.41, 5.74) is 0. The van der Waals surface area contributed by atoms with Gasteiger partial charge in [-0.1, -0.05) is 37.3 Å². The molecule has 1 aromatic carbocycles. The molecule has 1 rings (SSSR count). The highest BCUT2D eigenvalue weighted by Crippen LogP contribution is 1.89. The van der Waals surface area contributed by atoms with Gasteiger partial charge in [-0.3, -0.25) is 0 Å². The Hall–Kier alpha value is -0.603. The number of hydrogen-bond acceptors (Lipinski definition) is 1. The highest BCUT2D eigenvalue weighted by molar-refractivity contribution is 6.70. The Balaban J connectivity index is 2.74. The third-order valence-electron chi connectivity index (χ3n) is 1.96. The molecule has 0 spiro atoms. The average Bonchev–Trinajstić information content (AvgIpc) is 2.09. The van der Waals surface area contributed by atoms with Crippen molar-refractivity contribution in [1.82, 2.24) is 4.98 Å². The zero-order valence-corrected chi connectivity index (χ0v) is 8.33. The molecule has 1 unspecified atom stereocenters. The first-order valence-corrected chi connectivity index (χ1v) is 6.07. The van der Waals surface area contributed by atoms with E-state index in [0.717, 1.165) is 0 Å². The quantitative estimate of drug-likeness (QED) is 0.655. The van der Waals surface area contributed by atoms with Crippen LogP contribution in [-0.4, -0.2) is 16.0 Å². The molecule has 1 N–H and O–H groups in total. The van der Waals surface area contributed by atoms with Crippen LogP contribution in [0.2, 0.25) is 6.04 Å². The van der Waals surface area contributed by atoms with E-state index in [4.69, 9.17) is 0 Å². The minimum absolute atomic E-state index is 0.800. The van der Waals surface area contributed by atoms with Crippen LogP contribution in [-0.2, 0) is 0 Å². The average molecular weight is 165 g/mol. The molecule has 1 nitrogen and oxygen atoms in total. The molecule has 0 radical (unpaired) electrons. The van der Waals surface area contributed by atoms with Crippen LogP contribution in [0.1, 0.15) is 6.92 Å². The predicted octanol–water partition coefficient (Wildman–Crippen LogP) is 0.857. The molecule has 1 aromatic rings. The SMILES string of the molecule is CC[SiH](NC)c1ccccc1. The molecule has 0 amide bonds. The van der Waals surface area contributed by atoms with Crippen molar-refractivity contribution in [3.8, 4) is 0 Å². The van der Waals surface area contributed by atoms with E-state index in [1.165, 1.54) is 11.2 Å². The smallest absolute Gasteiger partial charge is 0.140 e.